The van der Waals surface area contributed by atoms with Crippen molar-refractivity contribution in [1.29, 1.82) is 0 Å². The summed E-state index contributed by atoms with van der Waals surface area (Å²) in [7, 11) is 0. The molecule has 1 aromatic heterocycles. The molecule has 0 aliphatic heterocycles. The zero-order valence-corrected chi connectivity index (χ0v) is 10.4. The molecule has 0 aromatic carbocycles. The van der Waals surface area contributed by atoms with Crippen molar-refractivity contribution >= 4 is 11.6 Å². The largest absolute Gasteiger partial charge is 0.241 e. The average Bonchev–Trinajstić information content (AvgIpc) is 2.29. The highest BCUT2D eigenvalue weighted by molar-refractivity contribution is 6.17. The van der Waals surface area contributed by atoms with Gasteiger partial charge in [-0.25, -0.2) is 9.97 Å². The molecular formula is C13H19ClN2. The minimum atomic E-state index is 0.505. The highest BCUT2D eigenvalue weighted by Gasteiger charge is 2.15. The van der Waals surface area contributed by atoms with E-state index in [0.29, 0.717) is 11.8 Å². The topological polar surface area (TPSA) is 25.8 Å². The van der Waals surface area contributed by atoms with E-state index >= 15 is 0 Å². The standard InChI is InChI=1S/C13H19ClN2/c14-8-11-9-15-13(16-10-11)12-6-4-2-1-3-5-7-12/h9-10,12H,1-8H2. The first kappa shape index (κ1) is 11.8. The minimum absolute atomic E-state index is 0.505. The maximum absolute atomic E-state index is 5.73. The van der Waals surface area contributed by atoms with Crippen molar-refractivity contribution in [1.82, 2.24) is 9.97 Å². The molecule has 16 heavy (non-hydrogen) atoms. The Morgan fingerprint density at radius 3 is 2.12 bits per heavy atom. The van der Waals surface area contributed by atoms with Gasteiger partial charge in [0.2, 0.25) is 0 Å². The fraction of sp³-hybridized carbons (Fsp3) is 0.692. The molecule has 1 heterocycles. The lowest BCUT2D eigenvalue weighted by molar-refractivity contribution is 0.442. The molecule has 0 unspecified atom stereocenters. The Hall–Kier alpha value is -0.630. The smallest absolute Gasteiger partial charge is 0.131 e. The van der Waals surface area contributed by atoms with Crippen LogP contribution in [0.1, 0.15) is 62.3 Å². The van der Waals surface area contributed by atoms with E-state index in [2.05, 4.69) is 9.97 Å². The summed E-state index contributed by atoms with van der Waals surface area (Å²) < 4.78 is 0. The lowest BCUT2D eigenvalue weighted by Crippen LogP contribution is -2.07. The summed E-state index contributed by atoms with van der Waals surface area (Å²) >= 11 is 5.73. The van der Waals surface area contributed by atoms with Gasteiger partial charge in [0.15, 0.2) is 0 Å². The maximum Gasteiger partial charge on any atom is 0.131 e. The van der Waals surface area contributed by atoms with Crippen LogP contribution < -0.4 is 0 Å². The lowest BCUT2D eigenvalue weighted by Gasteiger charge is -2.18. The van der Waals surface area contributed by atoms with E-state index in [-0.39, 0.29) is 0 Å². The molecule has 1 aliphatic carbocycles. The van der Waals surface area contributed by atoms with Gasteiger partial charge in [0.1, 0.15) is 5.82 Å². The predicted octanol–water partition coefficient (Wildman–Crippen LogP) is 4.04. The highest BCUT2D eigenvalue weighted by atomic mass is 35.5. The van der Waals surface area contributed by atoms with Crippen molar-refractivity contribution in [3.63, 3.8) is 0 Å². The Labute approximate surface area is 102 Å². The van der Waals surface area contributed by atoms with Crippen molar-refractivity contribution < 1.29 is 0 Å². The average molecular weight is 239 g/mol. The third kappa shape index (κ3) is 3.18. The van der Waals surface area contributed by atoms with Gasteiger partial charge in [-0.1, -0.05) is 32.1 Å². The minimum Gasteiger partial charge on any atom is -0.241 e. The molecule has 0 atom stereocenters. The van der Waals surface area contributed by atoms with Gasteiger partial charge in [-0.2, -0.15) is 0 Å². The van der Waals surface area contributed by atoms with Gasteiger partial charge in [0.05, 0.1) is 5.88 Å². The molecule has 0 amide bonds. The third-order valence-corrected chi connectivity index (χ3v) is 3.66. The van der Waals surface area contributed by atoms with Crippen LogP contribution in [0.5, 0.6) is 0 Å². The maximum atomic E-state index is 5.73. The van der Waals surface area contributed by atoms with Gasteiger partial charge in [-0.05, 0) is 12.8 Å². The number of hydrogen-bond donors (Lipinski definition) is 0. The van der Waals surface area contributed by atoms with Crippen LogP contribution in [-0.2, 0) is 5.88 Å². The van der Waals surface area contributed by atoms with Crippen LogP contribution in [-0.4, -0.2) is 9.97 Å². The SMILES string of the molecule is ClCc1cnc(C2CCCCCCC2)nc1. The van der Waals surface area contributed by atoms with Gasteiger partial charge in [0, 0.05) is 23.9 Å². The highest BCUT2D eigenvalue weighted by Crippen LogP contribution is 2.28. The molecule has 0 N–H and O–H groups in total. The molecule has 0 radical (unpaired) electrons. The van der Waals surface area contributed by atoms with E-state index in [1.165, 1.54) is 44.9 Å². The number of hydrogen-bond acceptors (Lipinski definition) is 2. The van der Waals surface area contributed by atoms with E-state index < -0.39 is 0 Å². The Morgan fingerprint density at radius 1 is 1.00 bits per heavy atom. The molecule has 0 spiro atoms. The zero-order chi connectivity index (χ0) is 11.2. The first-order valence-electron chi connectivity index (χ1n) is 6.27. The summed E-state index contributed by atoms with van der Waals surface area (Å²) in [5, 5.41) is 0. The molecule has 0 saturated heterocycles. The summed E-state index contributed by atoms with van der Waals surface area (Å²) in [5.74, 6) is 2.10. The second-order valence-electron chi connectivity index (χ2n) is 4.63. The Morgan fingerprint density at radius 2 is 1.56 bits per heavy atom. The molecule has 1 saturated carbocycles. The second kappa shape index (κ2) is 6.19. The number of rotatable bonds is 2. The molecule has 2 nitrogen and oxygen atoms in total. The molecule has 2 rings (SSSR count). The molecule has 3 heteroatoms. The van der Waals surface area contributed by atoms with Crippen molar-refractivity contribution in [2.24, 2.45) is 0 Å². The summed E-state index contributed by atoms with van der Waals surface area (Å²) in [6.45, 7) is 0. The Balaban J connectivity index is 2.02. The van der Waals surface area contributed by atoms with Crippen LogP contribution >= 0.6 is 11.6 Å². The molecular weight excluding hydrogens is 220 g/mol. The van der Waals surface area contributed by atoms with Crippen LogP contribution in [0, 0.1) is 0 Å². The van der Waals surface area contributed by atoms with Crippen LogP contribution in [0.2, 0.25) is 0 Å². The lowest BCUT2D eigenvalue weighted by atomic mass is 9.90. The quantitative estimate of drug-likeness (QED) is 0.727. The van der Waals surface area contributed by atoms with Gasteiger partial charge in [-0.15, -0.1) is 11.6 Å². The van der Waals surface area contributed by atoms with Crippen molar-refractivity contribution in [3.05, 3.63) is 23.8 Å². The van der Waals surface area contributed by atoms with Crippen LogP contribution in [0.4, 0.5) is 0 Å². The predicted molar refractivity (Wildman–Crippen MR) is 66.6 cm³/mol. The van der Waals surface area contributed by atoms with Crippen LogP contribution in [0.3, 0.4) is 0 Å². The number of nitrogens with zero attached hydrogens (tertiary/aromatic N) is 2. The zero-order valence-electron chi connectivity index (χ0n) is 9.66. The van der Waals surface area contributed by atoms with Gasteiger partial charge < -0.3 is 0 Å². The normalized spacial score (nSPS) is 19.1. The second-order valence-corrected chi connectivity index (χ2v) is 4.89. The molecule has 1 fully saturated rings. The molecule has 1 aromatic rings. The first-order valence-corrected chi connectivity index (χ1v) is 6.80. The van der Waals surface area contributed by atoms with E-state index in [4.69, 9.17) is 11.6 Å². The van der Waals surface area contributed by atoms with Gasteiger partial charge in [-0.3, -0.25) is 0 Å². The van der Waals surface area contributed by atoms with Crippen molar-refractivity contribution in [2.45, 2.75) is 56.7 Å². The summed E-state index contributed by atoms with van der Waals surface area (Å²) in [6.07, 6.45) is 13.0. The monoisotopic (exact) mass is 238 g/mol. The molecule has 1 aliphatic rings. The number of halogens is 1. The van der Waals surface area contributed by atoms with Crippen molar-refractivity contribution in [3.8, 4) is 0 Å². The van der Waals surface area contributed by atoms with E-state index in [1.807, 2.05) is 12.4 Å². The molecule has 0 bridgehead atoms. The summed E-state index contributed by atoms with van der Waals surface area (Å²) in [5.41, 5.74) is 1.01. The van der Waals surface area contributed by atoms with Crippen LogP contribution in [0.25, 0.3) is 0 Å². The number of alkyl halides is 1. The Kier molecular flexibility index (Phi) is 4.58. The van der Waals surface area contributed by atoms with Crippen molar-refractivity contribution in [2.75, 3.05) is 0 Å². The Bertz CT molecular complexity index is 302. The van der Waals surface area contributed by atoms with Gasteiger partial charge in [0.25, 0.3) is 0 Å². The van der Waals surface area contributed by atoms with E-state index in [1.54, 1.807) is 0 Å². The fourth-order valence-electron chi connectivity index (χ4n) is 2.36. The third-order valence-electron chi connectivity index (χ3n) is 3.35. The summed E-state index contributed by atoms with van der Waals surface area (Å²) in [6, 6.07) is 0. The van der Waals surface area contributed by atoms with E-state index in [9.17, 15) is 0 Å². The molecule has 88 valence electrons. The summed E-state index contributed by atoms with van der Waals surface area (Å²) in [4.78, 5) is 8.90. The van der Waals surface area contributed by atoms with Gasteiger partial charge >= 0.3 is 0 Å². The number of aromatic nitrogens is 2. The van der Waals surface area contributed by atoms with Crippen LogP contribution in [0.15, 0.2) is 12.4 Å². The fourth-order valence-corrected chi connectivity index (χ4v) is 2.50. The van der Waals surface area contributed by atoms with E-state index in [0.717, 1.165) is 11.4 Å². The first-order chi connectivity index (χ1) is 7.90.